The largest absolute Gasteiger partial charge is 0.308 e. The van der Waals surface area contributed by atoms with Gasteiger partial charge in [-0.15, -0.1) is 0 Å². The SMILES string of the molecule is C1=CC(c2ccc(-c3cc(-c4nc(-c5ccccc5)nc(-c5ccccc5)n4)cc(-c4ccc(-c5ccccc5)cc4)c3-n3c4cccc(-c5ccccc5)c4c4c(-c5ccccc5)cccc43)cc2)=CCC1. The predicted octanol–water partition coefficient (Wildman–Crippen LogP) is 18.0. The molecule has 0 unspecified atom stereocenters. The quantitative estimate of drug-likeness (QED) is 0.137. The zero-order chi connectivity index (χ0) is 48.5. The number of benzene rings is 10. The molecule has 0 fully saturated rings. The summed E-state index contributed by atoms with van der Waals surface area (Å²) in [6.07, 6.45) is 8.98. The molecule has 4 heteroatoms. The monoisotopic (exact) mass is 932 g/mol. The van der Waals surface area contributed by atoms with Crippen LogP contribution in [0.25, 0.3) is 123 Å². The van der Waals surface area contributed by atoms with Crippen molar-refractivity contribution in [1.82, 2.24) is 19.5 Å². The van der Waals surface area contributed by atoms with Crippen molar-refractivity contribution in [1.29, 1.82) is 0 Å². The molecule has 1 aliphatic rings. The van der Waals surface area contributed by atoms with Gasteiger partial charge in [0.2, 0.25) is 0 Å². The lowest BCUT2D eigenvalue weighted by Gasteiger charge is -2.22. The number of fused-ring (bicyclic) bond motifs is 3. The number of hydrogen-bond acceptors (Lipinski definition) is 3. The van der Waals surface area contributed by atoms with Crippen molar-refractivity contribution >= 4 is 27.4 Å². The molecule has 0 saturated heterocycles. The Balaban J connectivity index is 1.16. The molecular weight excluding hydrogens is 885 g/mol. The fraction of sp³-hybridized carbons (Fsp3) is 0.0290. The Hall–Kier alpha value is -9.51. The summed E-state index contributed by atoms with van der Waals surface area (Å²) in [5.74, 6) is 1.83. The second kappa shape index (κ2) is 19.0. The van der Waals surface area contributed by atoms with Gasteiger partial charge in [0, 0.05) is 38.6 Å². The molecule has 13 rings (SSSR count). The number of aromatic nitrogens is 4. The van der Waals surface area contributed by atoms with Gasteiger partial charge >= 0.3 is 0 Å². The normalized spacial score (nSPS) is 12.3. The van der Waals surface area contributed by atoms with Gasteiger partial charge < -0.3 is 4.57 Å². The Morgan fingerprint density at radius 1 is 0.288 bits per heavy atom. The fourth-order valence-electron chi connectivity index (χ4n) is 10.6. The third kappa shape index (κ3) is 8.25. The summed E-state index contributed by atoms with van der Waals surface area (Å²) in [5, 5.41) is 2.40. The third-order valence-electron chi connectivity index (χ3n) is 14.1. The molecule has 0 amide bonds. The highest BCUT2D eigenvalue weighted by atomic mass is 15.0. The van der Waals surface area contributed by atoms with Crippen LogP contribution >= 0.6 is 0 Å². The number of rotatable bonds is 10. The van der Waals surface area contributed by atoms with Gasteiger partial charge in [0.1, 0.15) is 0 Å². The summed E-state index contributed by atoms with van der Waals surface area (Å²) in [4.78, 5) is 15.8. The van der Waals surface area contributed by atoms with Crippen LogP contribution in [0.15, 0.2) is 267 Å². The highest BCUT2D eigenvalue weighted by Crippen LogP contribution is 2.48. The fourth-order valence-corrected chi connectivity index (χ4v) is 10.6. The molecule has 2 heterocycles. The van der Waals surface area contributed by atoms with E-state index >= 15 is 0 Å². The average molecular weight is 933 g/mol. The third-order valence-corrected chi connectivity index (χ3v) is 14.1. The van der Waals surface area contributed by atoms with Crippen LogP contribution in [0.4, 0.5) is 0 Å². The average Bonchev–Trinajstić information content (AvgIpc) is 3.83. The Morgan fingerprint density at radius 2 is 0.658 bits per heavy atom. The van der Waals surface area contributed by atoms with Crippen molar-refractivity contribution in [3.8, 4) is 95.5 Å². The van der Waals surface area contributed by atoms with Crippen molar-refractivity contribution in [3.63, 3.8) is 0 Å². The van der Waals surface area contributed by atoms with Gasteiger partial charge in [-0.05, 0) is 92.8 Å². The molecule has 0 bridgehead atoms. The van der Waals surface area contributed by atoms with Gasteiger partial charge in [0.25, 0.3) is 0 Å². The molecule has 2 aromatic heterocycles. The second-order valence-corrected chi connectivity index (χ2v) is 18.6. The zero-order valence-electron chi connectivity index (χ0n) is 40.1. The van der Waals surface area contributed by atoms with Crippen LogP contribution in [0, 0.1) is 0 Å². The van der Waals surface area contributed by atoms with E-state index in [0.29, 0.717) is 17.5 Å². The van der Waals surface area contributed by atoms with E-state index in [9.17, 15) is 0 Å². The van der Waals surface area contributed by atoms with Crippen molar-refractivity contribution in [2.75, 3.05) is 0 Å². The van der Waals surface area contributed by atoms with E-state index in [0.717, 1.165) is 74.1 Å². The molecule has 73 heavy (non-hydrogen) atoms. The lowest BCUT2D eigenvalue weighted by Crippen LogP contribution is -2.04. The van der Waals surface area contributed by atoms with E-state index in [-0.39, 0.29) is 0 Å². The van der Waals surface area contributed by atoms with E-state index < -0.39 is 0 Å². The van der Waals surface area contributed by atoms with Crippen LogP contribution in [0.3, 0.4) is 0 Å². The molecule has 0 atom stereocenters. The lowest BCUT2D eigenvalue weighted by atomic mass is 9.90. The van der Waals surface area contributed by atoms with E-state index in [1.165, 1.54) is 49.7 Å². The van der Waals surface area contributed by atoms with Gasteiger partial charge in [0.05, 0.1) is 16.7 Å². The smallest absolute Gasteiger partial charge is 0.164 e. The Kier molecular flexibility index (Phi) is 11.3. The Bertz CT molecular complexity index is 3860. The first-order valence-electron chi connectivity index (χ1n) is 25.1. The summed E-state index contributed by atoms with van der Waals surface area (Å²) in [6.45, 7) is 0. The standard InChI is InChI=1S/C69H48N4/c1-7-21-47(22-8-1)49-37-41-53(42-38-49)60-45-57(69-71-67(55-29-15-5-16-30-55)70-68(72-69)56-31-17-6-18-32-56)46-61(54-43-39-50(40-44-54)48-23-9-2-10-24-48)66(60)73-62-35-19-33-58(51-25-11-3-12-26-51)64(62)65-59(34-20-36-63(65)73)52-27-13-4-14-28-52/h1,3-9,11-46H,2,10H2. The van der Waals surface area contributed by atoms with E-state index in [1.807, 2.05) is 36.4 Å². The number of nitrogens with zero attached hydrogens (tertiary/aromatic N) is 4. The van der Waals surface area contributed by atoms with Crippen LogP contribution in [-0.4, -0.2) is 19.5 Å². The van der Waals surface area contributed by atoms with Gasteiger partial charge in [0.15, 0.2) is 17.5 Å². The van der Waals surface area contributed by atoms with E-state index in [2.05, 4.69) is 235 Å². The van der Waals surface area contributed by atoms with Crippen LogP contribution in [0.2, 0.25) is 0 Å². The molecule has 344 valence electrons. The van der Waals surface area contributed by atoms with Crippen molar-refractivity contribution in [2.24, 2.45) is 0 Å². The van der Waals surface area contributed by atoms with Gasteiger partial charge in [-0.2, -0.15) is 0 Å². The van der Waals surface area contributed by atoms with Crippen LogP contribution < -0.4 is 0 Å². The molecule has 0 N–H and O–H groups in total. The van der Waals surface area contributed by atoms with Gasteiger partial charge in [-0.1, -0.05) is 243 Å². The first-order chi connectivity index (χ1) is 36.2. The highest BCUT2D eigenvalue weighted by molar-refractivity contribution is 6.21. The van der Waals surface area contributed by atoms with Gasteiger partial charge in [-0.25, -0.2) is 15.0 Å². The first kappa shape index (κ1) is 43.5. The van der Waals surface area contributed by atoms with Gasteiger partial charge in [-0.3, -0.25) is 0 Å². The first-order valence-corrected chi connectivity index (χ1v) is 25.1. The second-order valence-electron chi connectivity index (χ2n) is 18.6. The highest BCUT2D eigenvalue weighted by Gasteiger charge is 2.26. The topological polar surface area (TPSA) is 43.6 Å². The molecule has 0 radical (unpaired) electrons. The molecular formula is C69H48N4. The molecule has 4 nitrogen and oxygen atoms in total. The number of hydrogen-bond donors (Lipinski definition) is 0. The molecule has 0 saturated carbocycles. The molecule has 12 aromatic rings. The summed E-state index contributed by atoms with van der Waals surface area (Å²) in [6, 6.07) is 89.1. The Morgan fingerprint density at radius 3 is 1.10 bits per heavy atom. The van der Waals surface area contributed by atoms with Crippen LogP contribution in [0.1, 0.15) is 18.4 Å². The van der Waals surface area contributed by atoms with Crippen LogP contribution in [0.5, 0.6) is 0 Å². The summed E-state index contributed by atoms with van der Waals surface area (Å²) in [5.41, 5.74) is 19.7. The summed E-state index contributed by atoms with van der Waals surface area (Å²) < 4.78 is 2.53. The summed E-state index contributed by atoms with van der Waals surface area (Å²) in [7, 11) is 0. The predicted molar refractivity (Wildman–Crippen MR) is 304 cm³/mol. The lowest BCUT2D eigenvalue weighted by molar-refractivity contribution is 1.04. The minimum absolute atomic E-state index is 0.594. The number of allylic oxidation sites excluding steroid dienone is 4. The molecule has 0 aliphatic heterocycles. The molecule has 1 aliphatic carbocycles. The van der Waals surface area contributed by atoms with Crippen molar-refractivity contribution in [3.05, 3.63) is 273 Å². The summed E-state index contributed by atoms with van der Waals surface area (Å²) >= 11 is 0. The zero-order valence-corrected chi connectivity index (χ0v) is 40.1. The maximum absolute atomic E-state index is 5.34. The maximum Gasteiger partial charge on any atom is 0.164 e. The van der Waals surface area contributed by atoms with Crippen LogP contribution in [-0.2, 0) is 0 Å². The maximum atomic E-state index is 5.34. The molecule has 0 spiro atoms. The molecule has 10 aromatic carbocycles. The van der Waals surface area contributed by atoms with Crippen molar-refractivity contribution < 1.29 is 0 Å². The minimum Gasteiger partial charge on any atom is -0.308 e. The minimum atomic E-state index is 0.594. The van der Waals surface area contributed by atoms with E-state index in [4.69, 9.17) is 15.0 Å². The van der Waals surface area contributed by atoms with E-state index in [1.54, 1.807) is 0 Å². The van der Waals surface area contributed by atoms with Crippen molar-refractivity contribution in [2.45, 2.75) is 12.8 Å². The Labute approximate surface area is 425 Å².